The predicted octanol–water partition coefficient (Wildman–Crippen LogP) is 7.04. The molecule has 0 aliphatic rings. The van der Waals surface area contributed by atoms with Gasteiger partial charge in [0.25, 0.3) is 0 Å². The van der Waals surface area contributed by atoms with Crippen molar-refractivity contribution in [2.45, 2.75) is 130 Å². The van der Waals surface area contributed by atoms with E-state index in [1.807, 2.05) is 62.4 Å². The first-order chi connectivity index (χ1) is 22.4. The highest BCUT2D eigenvalue weighted by molar-refractivity contribution is 7.80. The Kier molecular flexibility index (Phi) is 16.0. The molecule has 266 valence electrons. The summed E-state index contributed by atoms with van der Waals surface area (Å²) >= 11 is 4.41. The van der Waals surface area contributed by atoms with Gasteiger partial charge in [-0.25, -0.2) is 9.59 Å². The van der Waals surface area contributed by atoms with Crippen molar-refractivity contribution in [1.82, 2.24) is 15.5 Å². The topological polar surface area (TPSA) is 114 Å². The summed E-state index contributed by atoms with van der Waals surface area (Å²) in [7, 11) is 0. The van der Waals surface area contributed by atoms with Crippen LogP contribution in [0.15, 0.2) is 48.5 Å². The van der Waals surface area contributed by atoms with E-state index in [9.17, 15) is 19.2 Å². The Morgan fingerprint density at radius 3 is 1.92 bits per heavy atom. The van der Waals surface area contributed by atoms with Gasteiger partial charge in [-0.15, -0.1) is 0 Å². The van der Waals surface area contributed by atoms with Gasteiger partial charge in [-0.1, -0.05) is 92.3 Å². The SMILES string of the molecule is CCCCCCCN(C(=O)C(CS)NC(=O)OC(C)(C)C)C(C(=O)NC(Cc1ccccc1)C(=O)OC(C)(C)C)c1cc(C)cc(C)c1. The Balaban J connectivity index is 2.62. The van der Waals surface area contributed by atoms with Crippen LogP contribution in [0.5, 0.6) is 0 Å². The highest BCUT2D eigenvalue weighted by atomic mass is 32.1. The summed E-state index contributed by atoms with van der Waals surface area (Å²) in [5.41, 5.74) is 1.73. The van der Waals surface area contributed by atoms with E-state index < -0.39 is 53.2 Å². The van der Waals surface area contributed by atoms with Crippen LogP contribution >= 0.6 is 12.6 Å². The number of unbranched alkanes of at least 4 members (excludes halogenated alkanes) is 4. The van der Waals surface area contributed by atoms with Crippen LogP contribution < -0.4 is 10.6 Å². The van der Waals surface area contributed by atoms with Gasteiger partial charge in [-0.3, -0.25) is 9.59 Å². The molecule has 0 bridgehead atoms. The number of carbonyl (C=O) groups is 4. The molecule has 2 N–H and O–H groups in total. The van der Waals surface area contributed by atoms with Gasteiger partial charge in [0.1, 0.15) is 29.3 Å². The second kappa shape index (κ2) is 18.9. The van der Waals surface area contributed by atoms with E-state index >= 15 is 0 Å². The minimum Gasteiger partial charge on any atom is -0.458 e. The smallest absolute Gasteiger partial charge is 0.408 e. The largest absolute Gasteiger partial charge is 0.458 e. The van der Waals surface area contributed by atoms with Crippen LogP contribution in [0.2, 0.25) is 0 Å². The number of alkyl carbamates (subject to hydrolysis) is 1. The van der Waals surface area contributed by atoms with Crippen molar-refractivity contribution in [3.63, 3.8) is 0 Å². The van der Waals surface area contributed by atoms with Gasteiger partial charge >= 0.3 is 12.1 Å². The fourth-order valence-corrected chi connectivity index (χ4v) is 5.64. The molecule has 3 atom stereocenters. The van der Waals surface area contributed by atoms with Crippen LogP contribution in [0.3, 0.4) is 0 Å². The molecule has 0 spiro atoms. The quantitative estimate of drug-likeness (QED) is 0.0995. The normalized spacial score (nSPS) is 13.5. The number of rotatable bonds is 16. The highest BCUT2D eigenvalue weighted by Crippen LogP contribution is 2.27. The number of carbonyl (C=O) groups excluding carboxylic acids is 4. The van der Waals surface area contributed by atoms with Crippen LogP contribution in [0, 0.1) is 13.8 Å². The molecule has 10 heteroatoms. The van der Waals surface area contributed by atoms with Gasteiger partial charge in [0.2, 0.25) is 11.8 Å². The van der Waals surface area contributed by atoms with Gasteiger partial charge in [0.05, 0.1) is 0 Å². The Bertz CT molecular complexity index is 1330. The number of amides is 3. The molecule has 0 aliphatic carbocycles. The van der Waals surface area contributed by atoms with Gasteiger partial charge < -0.3 is 25.0 Å². The van der Waals surface area contributed by atoms with E-state index in [4.69, 9.17) is 9.47 Å². The number of aryl methyl sites for hydroxylation is 2. The third kappa shape index (κ3) is 14.3. The predicted molar refractivity (Wildman–Crippen MR) is 194 cm³/mol. The molecule has 0 saturated carbocycles. The number of benzene rings is 2. The molecule has 48 heavy (non-hydrogen) atoms. The van der Waals surface area contributed by atoms with Gasteiger partial charge in [-0.2, -0.15) is 12.6 Å². The zero-order valence-corrected chi connectivity index (χ0v) is 31.2. The summed E-state index contributed by atoms with van der Waals surface area (Å²) in [6.45, 7) is 16.8. The summed E-state index contributed by atoms with van der Waals surface area (Å²) in [6.07, 6.45) is 4.06. The van der Waals surface area contributed by atoms with Crippen molar-refractivity contribution >= 4 is 36.5 Å². The second-order valence-electron chi connectivity index (χ2n) is 14.4. The first kappa shape index (κ1) is 40.6. The van der Waals surface area contributed by atoms with Gasteiger partial charge in [-0.05, 0) is 72.9 Å². The highest BCUT2D eigenvalue weighted by Gasteiger charge is 2.38. The molecule has 9 nitrogen and oxygen atoms in total. The zero-order chi connectivity index (χ0) is 36.1. The Morgan fingerprint density at radius 1 is 0.792 bits per heavy atom. The molecule has 2 aromatic rings. The van der Waals surface area contributed by atoms with E-state index in [-0.39, 0.29) is 18.7 Å². The first-order valence-electron chi connectivity index (χ1n) is 17.0. The number of esters is 1. The van der Waals surface area contributed by atoms with Crippen molar-refractivity contribution in [3.05, 3.63) is 70.8 Å². The minimum atomic E-state index is -1.11. The lowest BCUT2D eigenvalue weighted by Crippen LogP contribution is -2.55. The van der Waals surface area contributed by atoms with Crippen LogP contribution in [0.1, 0.15) is 109 Å². The van der Waals surface area contributed by atoms with Crippen molar-refractivity contribution in [1.29, 1.82) is 0 Å². The maximum absolute atomic E-state index is 14.6. The van der Waals surface area contributed by atoms with Gasteiger partial charge in [0, 0.05) is 18.7 Å². The van der Waals surface area contributed by atoms with E-state index in [1.165, 1.54) is 4.90 Å². The summed E-state index contributed by atoms with van der Waals surface area (Å²) in [6, 6.07) is 12.0. The fourth-order valence-electron chi connectivity index (χ4n) is 5.39. The molecule has 2 aromatic carbocycles. The molecule has 0 fully saturated rings. The van der Waals surface area contributed by atoms with E-state index in [0.29, 0.717) is 12.0 Å². The zero-order valence-electron chi connectivity index (χ0n) is 30.4. The average Bonchev–Trinajstić information content (AvgIpc) is 2.96. The van der Waals surface area contributed by atoms with Crippen molar-refractivity contribution in [3.8, 4) is 0 Å². The maximum atomic E-state index is 14.6. The van der Waals surface area contributed by atoms with Crippen molar-refractivity contribution < 1.29 is 28.7 Å². The summed E-state index contributed by atoms with van der Waals surface area (Å²) in [4.78, 5) is 56.9. The fraction of sp³-hybridized carbons (Fsp3) is 0.579. The van der Waals surface area contributed by atoms with Crippen LogP contribution in [-0.2, 0) is 30.3 Å². The van der Waals surface area contributed by atoms with Gasteiger partial charge in [0.15, 0.2) is 0 Å². The third-order valence-corrected chi connectivity index (χ3v) is 7.73. The molecule has 3 amide bonds. The second-order valence-corrected chi connectivity index (χ2v) is 14.8. The summed E-state index contributed by atoms with van der Waals surface area (Å²) in [5.74, 6) is -1.58. The third-order valence-electron chi connectivity index (χ3n) is 7.37. The number of hydrogen-bond acceptors (Lipinski definition) is 7. The summed E-state index contributed by atoms with van der Waals surface area (Å²) < 4.78 is 11.2. The lowest BCUT2D eigenvalue weighted by atomic mass is 9.97. The Morgan fingerprint density at radius 2 is 1.38 bits per heavy atom. The molecule has 2 rings (SSSR count). The molecular weight excluding hydrogens is 627 g/mol. The van der Waals surface area contributed by atoms with E-state index in [0.717, 1.165) is 42.4 Å². The lowest BCUT2D eigenvalue weighted by molar-refractivity contribution is -0.159. The van der Waals surface area contributed by atoms with Crippen LogP contribution in [0.25, 0.3) is 0 Å². The number of ether oxygens (including phenoxy) is 2. The number of nitrogens with one attached hydrogen (secondary N) is 2. The molecule has 0 heterocycles. The van der Waals surface area contributed by atoms with Crippen molar-refractivity contribution in [2.75, 3.05) is 12.3 Å². The number of nitrogens with zero attached hydrogens (tertiary/aromatic N) is 1. The number of thiol groups is 1. The van der Waals surface area contributed by atoms with Crippen LogP contribution in [0.4, 0.5) is 4.79 Å². The molecule has 0 saturated heterocycles. The summed E-state index contributed by atoms with van der Waals surface area (Å²) in [5, 5.41) is 5.63. The standard InChI is InChI=1S/C38H57N3O6S/c1-10-11-12-13-17-20-41(34(43)31(25-48)40-36(45)47-38(7,8)9)32(29-22-26(2)21-27(3)23-29)33(42)39-30(35(44)46-37(4,5)6)24-28-18-15-14-16-19-28/h14-16,18-19,21-23,30-32,48H,10-13,17,20,24-25H2,1-9H3,(H,39,42)(H,40,45). The van der Waals surface area contributed by atoms with Crippen LogP contribution in [-0.4, -0.2) is 64.4 Å². The molecule has 3 unspecified atom stereocenters. The average molecular weight is 684 g/mol. The van der Waals surface area contributed by atoms with Crippen molar-refractivity contribution in [2.24, 2.45) is 0 Å². The lowest BCUT2D eigenvalue weighted by Gasteiger charge is -2.35. The monoisotopic (exact) mass is 683 g/mol. The first-order valence-corrected chi connectivity index (χ1v) is 17.6. The minimum absolute atomic E-state index is 0.0138. The number of hydrogen-bond donors (Lipinski definition) is 3. The molecular formula is C38H57N3O6S. The maximum Gasteiger partial charge on any atom is 0.408 e. The molecule has 0 aromatic heterocycles. The molecule has 0 radical (unpaired) electrons. The Hall–Kier alpha value is -3.53. The van der Waals surface area contributed by atoms with E-state index in [2.05, 4.69) is 30.2 Å². The van der Waals surface area contributed by atoms with E-state index in [1.54, 1.807) is 41.5 Å². The Labute approximate surface area is 293 Å². The molecule has 0 aliphatic heterocycles.